The van der Waals surface area contributed by atoms with Gasteiger partial charge in [-0.25, -0.2) is 4.79 Å². The van der Waals surface area contributed by atoms with Gasteiger partial charge in [0.1, 0.15) is 11.8 Å². The topological polar surface area (TPSA) is 64.6 Å². The highest BCUT2D eigenvalue weighted by Crippen LogP contribution is 2.55. The van der Waals surface area contributed by atoms with Crippen LogP contribution in [0.2, 0.25) is 23.2 Å². The maximum absolute atomic E-state index is 13.2. The average molecular weight is 568 g/mol. The van der Waals surface area contributed by atoms with Crippen molar-refractivity contribution in [1.29, 1.82) is 0 Å². The molecular formula is C32H42ClNO4Si. The summed E-state index contributed by atoms with van der Waals surface area (Å²) in [6.07, 6.45) is 6.73. The first-order valence-electron chi connectivity index (χ1n) is 13.9. The zero-order chi connectivity index (χ0) is 28.5. The Labute approximate surface area is 239 Å². The van der Waals surface area contributed by atoms with Crippen molar-refractivity contribution < 1.29 is 18.8 Å². The number of anilines is 1. The molecule has 0 saturated heterocycles. The minimum absolute atomic E-state index is 0.0844. The van der Waals surface area contributed by atoms with Crippen LogP contribution in [0.15, 0.2) is 54.1 Å². The number of benzene rings is 2. The number of allylic oxidation sites excluding steroid dienone is 1. The van der Waals surface area contributed by atoms with Gasteiger partial charge in [0.2, 0.25) is 0 Å². The normalized spacial score (nSPS) is 23.6. The van der Waals surface area contributed by atoms with E-state index in [1.165, 1.54) is 23.8 Å². The van der Waals surface area contributed by atoms with E-state index in [0.29, 0.717) is 30.9 Å². The number of hydrogen-bond acceptors (Lipinski definition) is 5. The van der Waals surface area contributed by atoms with E-state index in [-0.39, 0.29) is 22.3 Å². The first-order chi connectivity index (χ1) is 18.4. The minimum atomic E-state index is -1.98. The Morgan fingerprint density at radius 3 is 2.41 bits per heavy atom. The van der Waals surface area contributed by atoms with Crippen LogP contribution >= 0.6 is 11.6 Å². The van der Waals surface area contributed by atoms with E-state index in [1.54, 1.807) is 0 Å². The van der Waals surface area contributed by atoms with Crippen LogP contribution < -0.4 is 5.32 Å². The fraction of sp³-hybridized carbons (Fsp3) is 0.500. The quantitative estimate of drug-likeness (QED) is 0.190. The molecule has 0 amide bonds. The lowest BCUT2D eigenvalue weighted by molar-refractivity contribution is -0.147. The van der Waals surface area contributed by atoms with Crippen molar-refractivity contribution in [3.8, 4) is 0 Å². The standard InChI is InChI=1S/C32H42ClNO4Si/c1-30(2,3)39(5,6)38-22-23(21-35)18-25-19-24-10-7-8-13-28(24)31(25)14-16-32(17-15-31,29(36)37-4)34-27-12-9-11-26(33)20-27/h7-13,19-21,23,34H,14-18,22H2,1-6H3. The molecule has 0 heterocycles. The molecule has 2 aromatic carbocycles. The molecule has 210 valence electrons. The Morgan fingerprint density at radius 2 is 1.79 bits per heavy atom. The molecule has 0 radical (unpaired) electrons. The van der Waals surface area contributed by atoms with E-state index < -0.39 is 13.9 Å². The molecule has 1 N–H and O–H groups in total. The molecule has 1 fully saturated rings. The molecule has 1 unspecified atom stereocenters. The molecule has 1 spiro atoms. The van der Waals surface area contributed by atoms with E-state index in [2.05, 4.69) is 69.5 Å². The van der Waals surface area contributed by atoms with Crippen LogP contribution in [0.5, 0.6) is 0 Å². The van der Waals surface area contributed by atoms with Crippen LogP contribution in [-0.2, 0) is 24.2 Å². The molecule has 0 aliphatic heterocycles. The number of carbonyl (C=O) groups excluding carboxylic acids is 2. The second-order valence-corrected chi connectivity index (χ2v) is 18.0. The number of aldehydes is 1. The lowest BCUT2D eigenvalue weighted by Crippen LogP contribution is -2.52. The number of halogens is 1. The van der Waals surface area contributed by atoms with Crippen molar-refractivity contribution in [3.63, 3.8) is 0 Å². The Morgan fingerprint density at radius 1 is 1.10 bits per heavy atom. The van der Waals surface area contributed by atoms with Gasteiger partial charge in [-0.05, 0) is 79.6 Å². The van der Waals surface area contributed by atoms with Gasteiger partial charge >= 0.3 is 5.97 Å². The zero-order valence-corrected chi connectivity index (χ0v) is 25.9. The van der Waals surface area contributed by atoms with Gasteiger partial charge < -0.3 is 19.3 Å². The molecule has 1 atom stereocenters. The smallest absolute Gasteiger partial charge is 0.331 e. The van der Waals surface area contributed by atoms with Crippen molar-refractivity contribution in [2.45, 2.75) is 82.0 Å². The van der Waals surface area contributed by atoms with Crippen LogP contribution in [-0.4, -0.2) is 39.8 Å². The molecular weight excluding hydrogens is 526 g/mol. The van der Waals surface area contributed by atoms with E-state index in [4.69, 9.17) is 20.8 Å². The van der Waals surface area contributed by atoms with Gasteiger partial charge in [-0.2, -0.15) is 0 Å². The van der Waals surface area contributed by atoms with Gasteiger partial charge in [0.25, 0.3) is 0 Å². The van der Waals surface area contributed by atoms with Crippen molar-refractivity contribution in [2.75, 3.05) is 19.0 Å². The average Bonchev–Trinajstić information content (AvgIpc) is 3.19. The third kappa shape index (κ3) is 5.89. The zero-order valence-electron chi connectivity index (χ0n) is 24.1. The Hall–Kier alpha value is -2.41. The molecule has 4 rings (SSSR count). The van der Waals surface area contributed by atoms with Gasteiger partial charge in [-0.1, -0.05) is 74.4 Å². The molecule has 0 bridgehead atoms. The molecule has 7 heteroatoms. The van der Waals surface area contributed by atoms with E-state index >= 15 is 0 Å². The number of rotatable bonds is 9. The highest BCUT2D eigenvalue weighted by Gasteiger charge is 2.52. The Balaban J connectivity index is 1.59. The molecule has 2 aliphatic rings. The van der Waals surface area contributed by atoms with Crippen LogP contribution in [0, 0.1) is 5.92 Å². The van der Waals surface area contributed by atoms with E-state index in [9.17, 15) is 9.59 Å². The summed E-state index contributed by atoms with van der Waals surface area (Å²) in [6, 6.07) is 16.0. The SMILES string of the molecule is COC(=O)C1(Nc2cccc(Cl)c2)CCC2(CC1)C(CC(C=O)CO[Si](C)(C)C(C)(C)C)=Cc1ccccc12. The van der Waals surface area contributed by atoms with Crippen molar-refractivity contribution in [1.82, 2.24) is 0 Å². The third-order valence-electron chi connectivity index (χ3n) is 9.30. The highest BCUT2D eigenvalue weighted by atomic mass is 35.5. The number of ether oxygens (including phenoxy) is 1. The number of esters is 1. The maximum Gasteiger partial charge on any atom is 0.331 e. The minimum Gasteiger partial charge on any atom is -0.467 e. The van der Waals surface area contributed by atoms with Crippen molar-refractivity contribution in [2.24, 2.45) is 5.92 Å². The number of methoxy groups -OCH3 is 1. The molecule has 1 saturated carbocycles. The molecule has 2 aromatic rings. The largest absolute Gasteiger partial charge is 0.467 e. The van der Waals surface area contributed by atoms with E-state index in [1.807, 2.05) is 24.3 Å². The first kappa shape index (κ1) is 29.6. The first-order valence-corrected chi connectivity index (χ1v) is 17.2. The van der Waals surface area contributed by atoms with Gasteiger partial charge in [0, 0.05) is 28.6 Å². The number of fused-ring (bicyclic) bond motifs is 2. The van der Waals surface area contributed by atoms with Crippen LogP contribution in [0.4, 0.5) is 5.69 Å². The van der Waals surface area contributed by atoms with Crippen LogP contribution in [0.3, 0.4) is 0 Å². The van der Waals surface area contributed by atoms with Crippen molar-refractivity contribution >= 4 is 43.9 Å². The second kappa shape index (κ2) is 11.2. The monoisotopic (exact) mass is 567 g/mol. The number of hydrogen-bond donors (Lipinski definition) is 1. The second-order valence-electron chi connectivity index (χ2n) is 12.7. The molecule has 5 nitrogen and oxygen atoms in total. The predicted octanol–water partition coefficient (Wildman–Crippen LogP) is 7.80. The fourth-order valence-electron chi connectivity index (χ4n) is 5.88. The Bertz CT molecular complexity index is 1240. The fourth-order valence-corrected chi connectivity index (χ4v) is 7.14. The molecule has 39 heavy (non-hydrogen) atoms. The lowest BCUT2D eigenvalue weighted by Gasteiger charge is -2.46. The van der Waals surface area contributed by atoms with Crippen LogP contribution in [0.25, 0.3) is 6.08 Å². The van der Waals surface area contributed by atoms with Gasteiger partial charge in [-0.3, -0.25) is 0 Å². The summed E-state index contributed by atoms with van der Waals surface area (Å²) in [4.78, 5) is 25.5. The predicted molar refractivity (Wildman–Crippen MR) is 162 cm³/mol. The summed E-state index contributed by atoms with van der Waals surface area (Å²) in [5.41, 5.74) is 3.49. The third-order valence-corrected chi connectivity index (χ3v) is 14.0. The van der Waals surface area contributed by atoms with Gasteiger partial charge in [0.05, 0.1) is 7.11 Å². The maximum atomic E-state index is 13.2. The Kier molecular flexibility index (Phi) is 8.51. The molecule has 0 aromatic heterocycles. The lowest BCUT2D eigenvalue weighted by atomic mass is 9.61. The number of carbonyl (C=O) groups is 2. The summed E-state index contributed by atoms with van der Waals surface area (Å²) >= 11 is 6.24. The van der Waals surface area contributed by atoms with E-state index in [0.717, 1.165) is 24.8 Å². The van der Waals surface area contributed by atoms with Crippen LogP contribution in [0.1, 0.15) is 64.0 Å². The summed E-state index contributed by atoms with van der Waals surface area (Å²) in [5, 5.41) is 4.18. The van der Waals surface area contributed by atoms with Crippen molar-refractivity contribution in [3.05, 3.63) is 70.3 Å². The summed E-state index contributed by atoms with van der Waals surface area (Å²) in [5.74, 6) is -0.476. The number of nitrogens with one attached hydrogen (secondary N) is 1. The molecule has 2 aliphatic carbocycles. The summed E-state index contributed by atoms with van der Waals surface area (Å²) in [6.45, 7) is 11.5. The van der Waals surface area contributed by atoms with Gasteiger partial charge in [-0.15, -0.1) is 0 Å². The highest BCUT2D eigenvalue weighted by molar-refractivity contribution is 6.74. The summed E-state index contributed by atoms with van der Waals surface area (Å²) < 4.78 is 11.8. The van der Waals surface area contributed by atoms with Gasteiger partial charge in [0.15, 0.2) is 8.32 Å². The summed E-state index contributed by atoms with van der Waals surface area (Å²) in [7, 11) is -0.530.